The summed E-state index contributed by atoms with van der Waals surface area (Å²) in [4.78, 5) is 21.1. The van der Waals surface area contributed by atoms with E-state index in [1.165, 1.54) is 10.8 Å². The zero-order valence-corrected chi connectivity index (χ0v) is 30.1. The summed E-state index contributed by atoms with van der Waals surface area (Å²) in [6.45, 7) is 0. The molecular weight excluding hydrogens is 747 g/mol. The first kappa shape index (κ1) is 32.1. The summed E-state index contributed by atoms with van der Waals surface area (Å²) < 4.78 is 0.829. The Labute approximate surface area is 318 Å². The van der Waals surface area contributed by atoms with Gasteiger partial charge in [0.2, 0.25) is 0 Å². The van der Waals surface area contributed by atoms with Gasteiger partial charge >= 0.3 is 16.5 Å². The predicted octanol–water partition coefficient (Wildman–Crippen LogP) is 12.0. The summed E-state index contributed by atoms with van der Waals surface area (Å²) >= 11 is 3.89. The number of fused-ring (bicyclic) bond motifs is 10. The molecule has 10 rings (SSSR count). The first-order valence-corrected chi connectivity index (χ1v) is 17.7. The third kappa shape index (κ3) is 5.52. The molecule has 2 aliphatic rings. The Morgan fingerprint density at radius 3 is 1.31 bits per heavy atom. The summed E-state index contributed by atoms with van der Waals surface area (Å²) in [6.07, 6.45) is 8.35. The normalized spacial score (nSPS) is 12.0. The summed E-state index contributed by atoms with van der Waals surface area (Å²) in [5.41, 5.74) is 12.8. The average Bonchev–Trinajstić information content (AvgIpc) is 4.02. The van der Waals surface area contributed by atoms with Crippen LogP contribution in [0, 0.1) is 0 Å². The molecular formula is C46H27BrN4Ni. The standard InChI is InChI=1S/C46H27BrN4.Ni/c47-46-41-24-22-39(50-41)44(33-16-14-28-8-4-6-12-31(28)26-33)37-20-18-35(48-37)43(30-10-2-1-3-11-30)36-19-21-38(49-36)45(40-23-25-42(46)51-40)34-17-15-29-9-5-7-13-32(29)27-34;/h1-27H;/q-2;+2. The maximum absolute atomic E-state index is 5.35. The summed E-state index contributed by atoms with van der Waals surface area (Å²) in [5.74, 6) is 0. The third-order valence-corrected chi connectivity index (χ3v) is 10.5. The Morgan fingerprint density at radius 2 is 0.769 bits per heavy atom. The first-order chi connectivity index (χ1) is 25.2. The molecule has 5 heterocycles. The molecule has 248 valence electrons. The Kier molecular flexibility index (Phi) is 8.07. The molecule has 4 nitrogen and oxygen atoms in total. The smallest absolute Gasteiger partial charge is 0.657 e. The number of hydrogen-bond acceptors (Lipinski definition) is 2. The van der Waals surface area contributed by atoms with Gasteiger partial charge in [0, 0.05) is 4.47 Å². The van der Waals surface area contributed by atoms with Crippen LogP contribution in [-0.4, -0.2) is 9.97 Å². The molecule has 0 spiro atoms. The molecule has 2 aliphatic heterocycles. The van der Waals surface area contributed by atoms with Crippen molar-refractivity contribution in [1.82, 2.24) is 19.9 Å². The fourth-order valence-corrected chi connectivity index (χ4v) is 7.68. The molecule has 0 amide bonds. The van der Waals surface area contributed by atoms with Crippen LogP contribution in [0.15, 0.2) is 144 Å². The number of benzene rings is 5. The van der Waals surface area contributed by atoms with Crippen molar-refractivity contribution in [3.05, 3.63) is 167 Å². The van der Waals surface area contributed by atoms with Crippen molar-refractivity contribution in [3.63, 3.8) is 0 Å². The molecule has 0 saturated heterocycles. The van der Waals surface area contributed by atoms with Crippen LogP contribution in [0.4, 0.5) is 0 Å². The predicted molar refractivity (Wildman–Crippen MR) is 216 cm³/mol. The maximum atomic E-state index is 5.35. The molecule has 5 aromatic carbocycles. The van der Waals surface area contributed by atoms with Gasteiger partial charge in [0.05, 0.1) is 22.8 Å². The fraction of sp³-hybridized carbons (Fsp3) is 0. The number of rotatable bonds is 3. The van der Waals surface area contributed by atoms with E-state index >= 15 is 0 Å². The second kappa shape index (κ2) is 13.1. The van der Waals surface area contributed by atoms with Gasteiger partial charge in [-0.05, 0) is 107 Å². The second-order valence-corrected chi connectivity index (χ2v) is 13.6. The van der Waals surface area contributed by atoms with E-state index in [-0.39, 0.29) is 16.5 Å². The van der Waals surface area contributed by atoms with Crippen molar-refractivity contribution >= 4 is 83.8 Å². The number of aromatic nitrogens is 4. The van der Waals surface area contributed by atoms with Gasteiger partial charge in [-0.25, -0.2) is 9.97 Å². The van der Waals surface area contributed by atoms with Crippen molar-refractivity contribution < 1.29 is 16.5 Å². The Balaban J connectivity index is 0.00000360. The Bertz CT molecular complexity index is 2860. The maximum Gasteiger partial charge on any atom is 2.00 e. The Morgan fingerprint density at radius 1 is 0.365 bits per heavy atom. The minimum atomic E-state index is 0. The van der Waals surface area contributed by atoms with Crippen molar-refractivity contribution in [3.8, 4) is 33.4 Å². The van der Waals surface area contributed by atoms with Crippen LogP contribution in [0.25, 0.3) is 101 Å². The molecule has 0 saturated carbocycles. The molecule has 0 N–H and O–H groups in total. The zero-order chi connectivity index (χ0) is 33.9. The number of hydrogen-bond donors (Lipinski definition) is 0. The van der Waals surface area contributed by atoms with E-state index in [0.29, 0.717) is 0 Å². The molecule has 52 heavy (non-hydrogen) atoms. The van der Waals surface area contributed by atoms with Crippen LogP contribution in [0.1, 0.15) is 22.8 Å². The van der Waals surface area contributed by atoms with Crippen molar-refractivity contribution in [2.45, 2.75) is 0 Å². The Hall–Kier alpha value is -5.81. The zero-order valence-electron chi connectivity index (χ0n) is 27.6. The van der Waals surface area contributed by atoms with Gasteiger partial charge in [0.15, 0.2) is 0 Å². The van der Waals surface area contributed by atoms with E-state index in [1.807, 2.05) is 6.07 Å². The SMILES string of the molecule is Brc1c2nc(c(-c3ccc4ccccc4c3)c3ccc([n-]3)c(-c3ccccc3)c3nc(c(-c4ccc5ccccc5c4)c4ccc1[n-]4)C=C3)C=C2.[Ni+2]. The van der Waals surface area contributed by atoms with Crippen LogP contribution in [0.5, 0.6) is 0 Å². The minimum Gasteiger partial charge on any atom is -0.657 e. The average molecular weight is 774 g/mol. The largest absolute Gasteiger partial charge is 2.00 e. The second-order valence-electron chi connectivity index (χ2n) is 12.8. The van der Waals surface area contributed by atoms with Gasteiger partial charge in [0.25, 0.3) is 0 Å². The van der Waals surface area contributed by atoms with Crippen molar-refractivity contribution in [2.75, 3.05) is 0 Å². The van der Waals surface area contributed by atoms with E-state index in [0.717, 1.165) is 93.5 Å². The first-order valence-electron chi connectivity index (χ1n) is 16.9. The molecule has 0 atom stereocenters. The molecule has 0 unspecified atom stereocenters. The van der Waals surface area contributed by atoms with Gasteiger partial charge in [-0.15, -0.1) is 22.1 Å². The molecule has 3 aromatic heterocycles. The van der Waals surface area contributed by atoms with E-state index in [1.54, 1.807) is 0 Å². The summed E-state index contributed by atoms with van der Waals surface area (Å²) in [6, 6.07) is 48.8. The molecule has 8 bridgehead atoms. The number of nitrogens with zero attached hydrogens (tertiary/aromatic N) is 4. The van der Waals surface area contributed by atoms with Gasteiger partial charge < -0.3 is 9.97 Å². The van der Waals surface area contributed by atoms with Crippen LogP contribution >= 0.6 is 15.9 Å². The number of halogens is 1. The fourth-order valence-electron chi connectivity index (χ4n) is 7.24. The van der Waals surface area contributed by atoms with Crippen molar-refractivity contribution in [1.29, 1.82) is 0 Å². The monoisotopic (exact) mass is 772 g/mol. The van der Waals surface area contributed by atoms with Gasteiger partial charge in [0.1, 0.15) is 0 Å². The molecule has 8 aromatic rings. The van der Waals surface area contributed by atoms with Crippen LogP contribution in [0.3, 0.4) is 0 Å². The van der Waals surface area contributed by atoms with Gasteiger partial charge in [-0.2, -0.15) is 0 Å². The van der Waals surface area contributed by atoms with Gasteiger partial charge in [-0.3, -0.25) is 0 Å². The van der Waals surface area contributed by atoms with Crippen LogP contribution in [0.2, 0.25) is 0 Å². The summed E-state index contributed by atoms with van der Waals surface area (Å²) in [7, 11) is 0. The van der Waals surface area contributed by atoms with E-state index < -0.39 is 0 Å². The van der Waals surface area contributed by atoms with E-state index in [4.69, 9.17) is 19.9 Å². The summed E-state index contributed by atoms with van der Waals surface area (Å²) in [5, 5.41) is 4.71. The van der Waals surface area contributed by atoms with Crippen LogP contribution in [-0.2, 0) is 16.5 Å². The molecule has 0 radical (unpaired) electrons. The molecule has 6 heteroatoms. The molecule has 0 aliphatic carbocycles. The van der Waals surface area contributed by atoms with E-state index in [2.05, 4.69) is 174 Å². The quantitative estimate of drug-likeness (QED) is 0.168. The molecule has 0 fully saturated rings. The minimum absolute atomic E-state index is 0. The third-order valence-electron chi connectivity index (χ3n) is 9.69. The van der Waals surface area contributed by atoms with Gasteiger partial charge in [-0.1, -0.05) is 127 Å². The topological polar surface area (TPSA) is 54.0 Å². The van der Waals surface area contributed by atoms with Crippen molar-refractivity contribution in [2.24, 2.45) is 0 Å². The van der Waals surface area contributed by atoms with Crippen LogP contribution < -0.4 is 9.97 Å². The van der Waals surface area contributed by atoms with E-state index in [9.17, 15) is 0 Å².